The third kappa shape index (κ3) is 7.86. The van der Waals surface area contributed by atoms with Gasteiger partial charge in [-0.25, -0.2) is 29.6 Å². The Morgan fingerprint density at radius 2 is 1.73 bits per heavy atom. The minimum Gasteiger partial charge on any atom is -0.497 e. The van der Waals surface area contributed by atoms with Gasteiger partial charge in [-0.1, -0.05) is 35.6 Å². The van der Waals surface area contributed by atoms with Crippen LogP contribution in [0, 0.1) is 0 Å². The van der Waals surface area contributed by atoms with Gasteiger partial charge in [0.15, 0.2) is 5.13 Å². The second-order valence-corrected chi connectivity index (χ2v) is 13.5. The molecule has 1 saturated heterocycles. The van der Waals surface area contributed by atoms with Gasteiger partial charge in [-0.15, -0.1) is 0 Å². The molecule has 248 valence electrons. The number of rotatable bonds is 8. The summed E-state index contributed by atoms with van der Waals surface area (Å²) >= 11 is 1.37. The number of ether oxygens (including phenoxy) is 2. The Hall–Kier alpha value is -5.14. The molecule has 1 aliphatic heterocycles. The highest BCUT2D eigenvalue weighted by Gasteiger charge is 2.26. The number of thiazole rings is 1. The van der Waals surface area contributed by atoms with Gasteiger partial charge in [0.25, 0.3) is 5.91 Å². The van der Waals surface area contributed by atoms with Crippen molar-refractivity contribution in [2.75, 3.05) is 55.5 Å². The van der Waals surface area contributed by atoms with Crippen LogP contribution in [0.15, 0.2) is 73.2 Å². The summed E-state index contributed by atoms with van der Waals surface area (Å²) in [5.74, 6) is 1.39. The third-order valence-corrected chi connectivity index (χ3v) is 8.83. The molecule has 0 aliphatic carbocycles. The molecule has 3 aromatic heterocycles. The molecule has 0 spiro atoms. The van der Waals surface area contributed by atoms with E-state index in [0.29, 0.717) is 16.2 Å². The number of nitrogens with one attached hydrogen (secondary N) is 1. The van der Waals surface area contributed by atoms with Crippen LogP contribution >= 0.6 is 11.3 Å². The molecule has 6 rings (SSSR count). The molecule has 12 nitrogen and oxygen atoms in total. The van der Waals surface area contributed by atoms with Crippen LogP contribution in [0.1, 0.15) is 36.7 Å². The van der Waals surface area contributed by atoms with Crippen LogP contribution in [0.4, 0.5) is 21.7 Å². The number of methoxy groups -OCH3 is 1. The summed E-state index contributed by atoms with van der Waals surface area (Å²) in [5.41, 5.74) is 2.23. The Kier molecular flexibility index (Phi) is 9.51. The monoisotopic (exact) mass is 666 g/mol. The molecular weight excluding hydrogens is 629 g/mol. The summed E-state index contributed by atoms with van der Waals surface area (Å²) in [4.78, 5) is 51.5. The van der Waals surface area contributed by atoms with Crippen LogP contribution in [0.5, 0.6) is 5.75 Å². The van der Waals surface area contributed by atoms with Gasteiger partial charge in [-0.05, 0) is 69.3 Å². The number of likely N-dealkylation sites (N-methyl/N-ethyl adjacent to an activating group) is 1. The molecule has 1 N–H and O–H groups in total. The van der Waals surface area contributed by atoms with E-state index in [0.717, 1.165) is 59.1 Å². The van der Waals surface area contributed by atoms with Gasteiger partial charge in [-0.2, -0.15) is 0 Å². The number of carbonyl (C=O) groups excluding carboxylic acids is 2. The summed E-state index contributed by atoms with van der Waals surface area (Å²) in [6.07, 6.45) is 4.58. The number of hydrogen-bond acceptors (Lipinski definition) is 11. The number of pyridine rings is 1. The minimum absolute atomic E-state index is 0.197. The van der Waals surface area contributed by atoms with Gasteiger partial charge >= 0.3 is 6.09 Å². The first-order chi connectivity index (χ1) is 23.0. The molecule has 48 heavy (non-hydrogen) atoms. The normalized spacial score (nSPS) is 13.7. The summed E-state index contributed by atoms with van der Waals surface area (Å²) < 4.78 is 11.0. The average Bonchev–Trinajstić information content (AvgIpc) is 3.57. The van der Waals surface area contributed by atoms with E-state index in [9.17, 15) is 9.59 Å². The first kappa shape index (κ1) is 32.8. The summed E-state index contributed by atoms with van der Waals surface area (Å²) in [6.45, 7) is 9.37. The number of benzene rings is 2. The fraction of sp³-hybridized carbons (Fsp3) is 0.314. The zero-order valence-corrected chi connectivity index (χ0v) is 28.5. The lowest BCUT2D eigenvalue weighted by Gasteiger charge is -2.33. The first-order valence-electron chi connectivity index (χ1n) is 15.6. The minimum atomic E-state index is -0.676. The molecule has 0 radical (unpaired) electrons. The molecule has 2 aromatic carbocycles. The Bertz CT molecular complexity index is 1920. The Labute approximate surface area is 283 Å². The van der Waals surface area contributed by atoms with E-state index >= 15 is 0 Å². The fourth-order valence-corrected chi connectivity index (χ4v) is 6.04. The van der Waals surface area contributed by atoms with E-state index in [1.54, 1.807) is 37.8 Å². The van der Waals surface area contributed by atoms with E-state index in [2.05, 4.69) is 42.1 Å². The number of amides is 2. The van der Waals surface area contributed by atoms with Crippen molar-refractivity contribution in [1.29, 1.82) is 0 Å². The molecule has 13 heteroatoms. The highest BCUT2D eigenvalue weighted by molar-refractivity contribution is 7.19. The standard InChI is InChI=1S/C35H38N8O4S/c1-35(2,3)47-34(45)43(22-23-6-10-27(46-5)11-7-23)33-38-21-29(48-33)24-8-9-26-20-37-32(39-28(26)18-24)40-31(44)25-12-13-36-30(19-25)42-16-14-41(4)15-17-42/h6-13,18-21H,14-17,22H2,1-5H3,(H,37,39,40,44). The first-order valence-corrected chi connectivity index (χ1v) is 16.4. The zero-order chi connectivity index (χ0) is 33.8. The van der Waals surface area contributed by atoms with Gasteiger partial charge in [0.1, 0.15) is 17.2 Å². The summed E-state index contributed by atoms with van der Waals surface area (Å²) in [6, 6.07) is 16.8. The van der Waals surface area contributed by atoms with Crippen molar-refractivity contribution in [2.45, 2.75) is 32.9 Å². The van der Waals surface area contributed by atoms with E-state index in [-0.39, 0.29) is 18.4 Å². The zero-order valence-electron chi connectivity index (χ0n) is 27.6. The number of nitrogens with zero attached hydrogens (tertiary/aromatic N) is 7. The van der Waals surface area contributed by atoms with Crippen molar-refractivity contribution in [3.05, 3.63) is 84.3 Å². The van der Waals surface area contributed by atoms with E-state index in [4.69, 9.17) is 9.47 Å². The van der Waals surface area contributed by atoms with Gasteiger partial charge in [0, 0.05) is 55.7 Å². The second kappa shape index (κ2) is 13.9. The summed E-state index contributed by atoms with van der Waals surface area (Å²) in [7, 11) is 3.71. The van der Waals surface area contributed by atoms with Crippen molar-refractivity contribution < 1.29 is 19.1 Å². The lowest BCUT2D eigenvalue weighted by Crippen LogP contribution is -2.44. The molecule has 1 fully saturated rings. The molecule has 0 bridgehead atoms. The lowest BCUT2D eigenvalue weighted by molar-refractivity contribution is 0.0577. The molecule has 0 atom stereocenters. The second-order valence-electron chi connectivity index (χ2n) is 12.5. The largest absolute Gasteiger partial charge is 0.497 e. The average molecular weight is 667 g/mol. The molecule has 2 amide bonds. The van der Waals surface area contributed by atoms with Crippen molar-refractivity contribution in [3.63, 3.8) is 0 Å². The predicted molar refractivity (Wildman–Crippen MR) is 188 cm³/mol. The maximum absolute atomic E-state index is 13.3. The summed E-state index contributed by atoms with van der Waals surface area (Å²) in [5, 5.41) is 4.15. The maximum atomic E-state index is 13.3. The van der Waals surface area contributed by atoms with Crippen molar-refractivity contribution in [2.24, 2.45) is 0 Å². The third-order valence-electron chi connectivity index (χ3n) is 7.77. The molecule has 5 aromatic rings. The topological polar surface area (TPSA) is 126 Å². The van der Waals surface area contributed by atoms with Crippen LogP contribution in [-0.4, -0.2) is 82.8 Å². The highest BCUT2D eigenvalue weighted by Crippen LogP contribution is 2.34. The van der Waals surface area contributed by atoms with Crippen molar-refractivity contribution in [3.8, 4) is 16.2 Å². The van der Waals surface area contributed by atoms with Crippen LogP contribution in [-0.2, 0) is 11.3 Å². The van der Waals surface area contributed by atoms with E-state index in [1.165, 1.54) is 16.2 Å². The van der Waals surface area contributed by atoms with Crippen LogP contribution in [0.2, 0.25) is 0 Å². The van der Waals surface area contributed by atoms with Gasteiger partial charge in [-0.3, -0.25) is 10.1 Å². The number of hydrogen-bond donors (Lipinski definition) is 1. The van der Waals surface area contributed by atoms with Crippen LogP contribution < -0.4 is 19.9 Å². The Morgan fingerprint density at radius 1 is 0.958 bits per heavy atom. The predicted octanol–water partition coefficient (Wildman–Crippen LogP) is 6.10. The van der Waals surface area contributed by atoms with Gasteiger partial charge < -0.3 is 19.3 Å². The van der Waals surface area contributed by atoms with Gasteiger partial charge in [0.05, 0.1) is 24.0 Å². The molecule has 4 heterocycles. The SMILES string of the molecule is COc1ccc(CN(C(=O)OC(C)(C)C)c2ncc(-c3ccc4cnc(NC(=O)c5ccnc(N6CCN(C)CC6)c5)nc4c3)s2)cc1. The smallest absolute Gasteiger partial charge is 0.416 e. The Balaban J connectivity index is 1.21. The van der Waals surface area contributed by atoms with Crippen molar-refractivity contribution in [1.82, 2.24) is 24.8 Å². The van der Waals surface area contributed by atoms with Crippen LogP contribution in [0.3, 0.4) is 0 Å². The Morgan fingerprint density at radius 3 is 2.46 bits per heavy atom. The molecule has 1 aliphatic rings. The number of carbonyl (C=O) groups is 2. The number of anilines is 3. The van der Waals surface area contributed by atoms with Crippen molar-refractivity contribution >= 4 is 51.1 Å². The van der Waals surface area contributed by atoms with E-state index < -0.39 is 11.7 Å². The quantitative estimate of drug-likeness (QED) is 0.208. The molecule has 0 unspecified atom stereocenters. The molecular formula is C35H38N8O4S. The fourth-order valence-electron chi connectivity index (χ4n) is 5.14. The van der Waals surface area contributed by atoms with Crippen LogP contribution in [0.25, 0.3) is 21.3 Å². The number of fused-ring (bicyclic) bond motifs is 1. The lowest BCUT2D eigenvalue weighted by atomic mass is 10.1. The van der Waals surface area contributed by atoms with E-state index in [1.807, 2.05) is 63.2 Å². The highest BCUT2D eigenvalue weighted by atomic mass is 32.1. The molecule has 0 saturated carbocycles. The maximum Gasteiger partial charge on any atom is 0.416 e. The number of aromatic nitrogens is 4. The van der Waals surface area contributed by atoms with Gasteiger partial charge in [0.2, 0.25) is 5.95 Å². The number of piperazine rings is 1.